The highest BCUT2D eigenvalue weighted by molar-refractivity contribution is 4.99. The molecule has 0 amide bonds. The predicted octanol–water partition coefficient (Wildman–Crippen LogP) is 9.90. The zero-order valence-corrected chi connectivity index (χ0v) is 34.8. The van der Waals surface area contributed by atoms with Crippen molar-refractivity contribution in [1.82, 2.24) is 14.7 Å². The van der Waals surface area contributed by atoms with Crippen LogP contribution < -0.4 is 0 Å². The summed E-state index contributed by atoms with van der Waals surface area (Å²) in [4.78, 5) is 9.20. The Balaban J connectivity index is 0.869. The molecule has 4 unspecified atom stereocenters. The molecule has 0 aromatic carbocycles. The van der Waals surface area contributed by atoms with Crippen molar-refractivity contribution < 1.29 is 15.3 Å². The molecule has 310 valence electrons. The largest absolute Gasteiger partial charge is 0.393 e. The van der Waals surface area contributed by atoms with Crippen molar-refractivity contribution in [2.24, 2.45) is 11.8 Å². The molecule has 0 aliphatic heterocycles. The van der Waals surface area contributed by atoms with Gasteiger partial charge in [-0.1, -0.05) is 38.5 Å². The van der Waals surface area contributed by atoms with Crippen molar-refractivity contribution in [3.8, 4) is 0 Å². The number of aliphatic hydroxyl groups excluding tert-OH is 3. The van der Waals surface area contributed by atoms with E-state index in [9.17, 15) is 15.3 Å². The minimum atomic E-state index is -0.128. The van der Waals surface area contributed by atoms with Crippen LogP contribution in [0.1, 0.15) is 218 Å². The van der Waals surface area contributed by atoms with Crippen LogP contribution in [0.2, 0.25) is 0 Å². The fourth-order valence-corrected chi connectivity index (χ4v) is 15.0. The van der Waals surface area contributed by atoms with E-state index in [0.29, 0.717) is 18.1 Å². The van der Waals surface area contributed by atoms with Crippen LogP contribution in [-0.2, 0) is 0 Å². The van der Waals surface area contributed by atoms with E-state index in [1.165, 1.54) is 167 Å². The first-order chi connectivity index (χ1) is 26.5. The number of rotatable bonds is 10. The Morgan fingerprint density at radius 1 is 0.222 bits per heavy atom. The SMILES string of the molecule is OC1CCC(N(C2CCCCC2)C2CCC(C3CCC(N(C4CCCCC4)C4CCC(N(C5CCCC(O)C5)C5CCCC(O)C5)CC4)CC3)CC2)CC1. The molecule has 6 nitrogen and oxygen atoms in total. The van der Waals surface area contributed by atoms with Gasteiger partial charge in [-0.2, -0.15) is 0 Å². The van der Waals surface area contributed by atoms with Crippen LogP contribution in [0.15, 0.2) is 0 Å². The van der Waals surface area contributed by atoms with E-state index in [1.807, 2.05) is 0 Å². The summed E-state index contributed by atoms with van der Waals surface area (Å²) in [5, 5.41) is 31.8. The van der Waals surface area contributed by atoms with Gasteiger partial charge in [0.1, 0.15) is 0 Å². The molecule has 0 aromatic heterocycles. The maximum absolute atomic E-state index is 10.7. The normalized spacial score (nSPS) is 42.8. The van der Waals surface area contributed by atoms with E-state index in [-0.39, 0.29) is 18.3 Å². The fourth-order valence-electron chi connectivity index (χ4n) is 15.0. The molecular weight excluding hydrogens is 667 g/mol. The van der Waals surface area contributed by atoms with Gasteiger partial charge in [0.15, 0.2) is 0 Å². The van der Waals surface area contributed by atoms with Crippen LogP contribution in [0.3, 0.4) is 0 Å². The molecule has 0 saturated heterocycles. The Kier molecular flexibility index (Phi) is 14.8. The number of hydrogen-bond donors (Lipinski definition) is 3. The van der Waals surface area contributed by atoms with E-state index < -0.39 is 0 Å². The van der Waals surface area contributed by atoms with Crippen molar-refractivity contribution >= 4 is 0 Å². The number of hydrogen-bond acceptors (Lipinski definition) is 6. The number of nitrogens with zero attached hydrogens (tertiary/aromatic N) is 3. The average Bonchev–Trinajstić information content (AvgIpc) is 3.21. The highest BCUT2D eigenvalue weighted by atomic mass is 16.3. The molecule has 8 aliphatic carbocycles. The van der Waals surface area contributed by atoms with Crippen LogP contribution in [0, 0.1) is 11.8 Å². The summed E-state index contributed by atoms with van der Waals surface area (Å²) in [7, 11) is 0. The van der Waals surface area contributed by atoms with Gasteiger partial charge < -0.3 is 15.3 Å². The van der Waals surface area contributed by atoms with Gasteiger partial charge in [0.25, 0.3) is 0 Å². The summed E-state index contributed by atoms with van der Waals surface area (Å²) in [5.41, 5.74) is 0. The summed E-state index contributed by atoms with van der Waals surface area (Å²) in [6, 6.07) is 6.43. The Morgan fingerprint density at radius 3 is 0.852 bits per heavy atom. The second-order valence-electron chi connectivity index (χ2n) is 20.9. The molecule has 8 fully saturated rings. The van der Waals surface area contributed by atoms with Gasteiger partial charge in [-0.25, -0.2) is 0 Å². The Hall–Kier alpha value is -0.240. The van der Waals surface area contributed by atoms with Crippen molar-refractivity contribution in [2.75, 3.05) is 0 Å². The maximum Gasteiger partial charge on any atom is 0.0555 e. The minimum Gasteiger partial charge on any atom is -0.393 e. The second kappa shape index (κ2) is 19.7. The summed E-state index contributed by atoms with van der Waals surface area (Å²) < 4.78 is 0. The molecule has 54 heavy (non-hydrogen) atoms. The first-order valence-corrected chi connectivity index (χ1v) is 24.9. The smallest absolute Gasteiger partial charge is 0.0555 e. The van der Waals surface area contributed by atoms with Gasteiger partial charge in [0, 0.05) is 54.4 Å². The minimum absolute atomic E-state index is 0.0427. The van der Waals surface area contributed by atoms with Gasteiger partial charge in [0.05, 0.1) is 18.3 Å². The summed E-state index contributed by atoms with van der Waals surface area (Å²) in [6.45, 7) is 0. The average molecular weight is 752 g/mol. The molecule has 0 spiro atoms. The first kappa shape index (κ1) is 40.5. The monoisotopic (exact) mass is 752 g/mol. The molecule has 4 atom stereocenters. The van der Waals surface area contributed by atoms with Crippen molar-refractivity contribution in [3.63, 3.8) is 0 Å². The highest BCUT2D eigenvalue weighted by Gasteiger charge is 2.44. The zero-order valence-electron chi connectivity index (χ0n) is 34.8. The summed E-state index contributed by atoms with van der Waals surface area (Å²) in [5.74, 6) is 1.93. The van der Waals surface area contributed by atoms with Crippen LogP contribution >= 0.6 is 0 Å². The van der Waals surface area contributed by atoms with E-state index >= 15 is 0 Å². The molecule has 0 bridgehead atoms. The van der Waals surface area contributed by atoms with Gasteiger partial charge in [-0.3, -0.25) is 14.7 Å². The van der Waals surface area contributed by atoms with Crippen LogP contribution in [0.4, 0.5) is 0 Å². The lowest BCUT2D eigenvalue weighted by molar-refractivity contribution is -0.0451. The topological polar surface area (TPSA) is 70.4 Å². The molecule has 8 saturated carbocycles. The lowest BCUT2D eigenvalue weighted by Crippen LogP contribution is -2.57. The molecule has 8 rings (SSSR count). The molecule has 8 aliphatic rings. The van der Waals surface area contributed by atoms with Gasteiger partial charge in [-0.15, -0.1) is 0 Å². The molecule has 3 N–H and O–H groups in total. The van der Waals surface area contributed by atoms with E-state index in [0.717, 1.165) is 99.5 Å². The van der Waals surface area contributed by atoms with Crippen LogP contribution in [-0.4, -0.2) is 103 Å². The van der Waals surface area contributed by atoms with Gasteiger partial charge >= 0.3 is 0 Å². The lowest BCUT2D eigenvalue weighted by atomic mass is 9.70. The summed E-state index contributed by atoms with van der Waals surface area (Å²) in [6.07, 6.45) is 44.3. The summed E-state index contributed by atoms with van der Waals surface area (Å²) >= 11 is 0. The predicted molar refractivity (Wildman–Crippen MR) is 222 cm³/mol. The third kappa shape index (κ3) is 9.95. The number of aliphatic hydroxyl groups is 3. The second-order valence-corrected chi connectivity index (χ2v) is 20.9. The van der Waals surface area contributed by atoms with Crippen LogP contribution in [0.5, 0.6) is 0 Å². The van der Waals surface area contributed by atoms with Crippen LogP contribution in [0.25, 0.3) is 0 Å². The Bertz CT molecular complexity index is 1060. The van der Waals surface area contributed by atoms with Crippen molar-refractivity contribution in [2.45, 2.75) is 291 Å². The third-order valence-electron chi connectivity index (χ3n) is 17.7. The van der Waals surface area contributed by atoms with Crippen molar-refractivity contribution in [1.29, 1.82) is 0 Å². The van der Waals surface area contributed by atoms with E-state index in [4.69, 9.17) is 0 Å². The van der Waals surface area contributed by atoms with Crippen molar-refractivity contribution in [3.05, 3.63) is 0 Å². The molecule has 0 radical (unpaired) electrons. The quantitative estimate of drug-likeness (QED) is 0.207. The van der Waals surface area contributed by atoms with Gasteiger partial charge in [-0.05, 0) is 192 Å². The highest BCUT2D eigenvalue weighted by Crippen LogP contribution is 2.45. The molecule has 6 heteroatoms. The standard InChI is InChI=1S/C48H85N3O3/c52-46-31-29-43(30-32-46)50(38-11-5-2-6-12-38)40-23-19-36(20-24-40)35-17-21-39(22-18-35)49(37-9-3-1-4-10-37)41-25-27-42(28-26-41)51(44-13-7-15-47(53)33-44)45-14-8-16-48(54)34-45/h35-48,52-54H,1-34H2. The lowest BCUT2D eigenvalue weighted by Gasteiger charge is -2.53. The van der Waals surface area contributed by atoms with E-state index in [2.05, 4.69) is 14.7 Å². The zero-order chi connectivity index (χ0) is 36.9. The molecule has 0 heterocycles. The maximum atomic E-state index is 10.7. The molecular formula is C48H85N3O3. The van der Waals surface area contributed by atoms with Gasteiger partial charge in [0.2, 0.25) is 0 Å². The fraction of sp³-hybridized carbons (Fsp3) is 1.00. The Labute approximate surface area is 332 Å². The first-order valence-electron chi connectivity index (χ1n) is 24.9. The molecule has 0 aromatic rings. The third-order valence-corrected chi connectivity index (χ3v) is 17.7. The van der Waals surface area contributed by atoms with E-state index in [1.54, 1.807) is 0 Å². The Morgan fingerprint density at radius 2 is 0.500 bits per heavy atom.